The SMILES string of the molecule is CCN(CC1CCOC1)C(=O)c1cccc(N)c1O. The van der Waals surface area contributed by atoms with Crippen molar-refractivity contribution in [2.45, 2.75) is 13.3 Å². The number of nitrogens with zero attached hydrogens (tertiary/aromatic N) is 1. The first-order chi connectivity index (χ1) is 9.13. The van der Waals surface area contributed by atoms with Crippen molar-refractivity contribution < 1.29 is 14.6 Å². The third-order valence-corrected chi connectivity index (χ3v) is 3.47. The predicted octanol–water partition coefficient (Wildman–Crippen LogP) is 1.47. The summed E-state index contributed by atoms with van der Waals surface area (Å²) in [4.78, 5) is 14.1. The topological polar surface area (TPSA) is 75.8 Å². The van der Waals surface area contributed by atoms with Gasteiger partial charge in [0.1, 0.15) is 0 Å². The molecule has 3 N–H and O–H groups in total. The van der Waals surface area contributed by atoms with Gasteiger partial charge < -0.3 is 20.5 Å². The van der Waals surface area contributed by atoms with Gasteiger partial charge in [-0.3, -0.25) is 4.79 Å². The molecule has 1 amide bonds. The first kappa shape index (κ1) is 13.7. The second kappa shape index (κ2) is 5.93. The molecule has 5 heteroatoms. The van der Waals surface area contributed by atoms with E-state index in [-0.39, 0.29) is 22.9 Å². The number of phenolic OH excluding ortho intramolecular Hbond substituents is 1. The Hall–Kier alpha value is -1.75. The molecule has 1 atom stereocenters. The van der Waals surface area contributed by atoms with Crippen LogP contribution in [0.25, 0.3) is 0 Å². The highest BCUT2D eigenvalue weighted by Crippen LogP contribution is 2.26. The van der Waals surface area contributed by atoms with Gasteiger partial charge in [0, 0.05) is 25.6 Å². The number of rotatable bonds is 4. The molecule has 0 bridgehead atoms. The van der Waals surface area contributed by atoms with Crippen LogP contribution in [0.5, 0.6) is 5.75 Å². The van der Waals surface area contributed by atoms with Gasteiger partial charge in [-0.05, 0) is 25.5 Å². The quantitative estimate of drug-likeness (QED) is 0.638. The van der Waals surface area contributed by atoms with Gasteiger partial charge >= 0.3 is 0 Å². The fourth-order valence-electron chi connectivity index (χ4n) is 2.30. The Labute approximate surface area is 113 Å². The summed E-state index contributed by atoms with van der Waals surface area (Å²) in [5, 5.41) is 9.88. The van der Waals surface area contributed by atoms with Crippen molar-refractivity contribution in [3.8, 4) is 5.75 Å². The van der Waals surface area contributed by atoms with Crippen LogP contribution in [0.3, 0.4) is 0 Å². The van der Waals surface area contributed by atoms with E-state index in [0.717, 1.165) is 13.0 Å². The smallest absolute Gasteiger partial charge is 0.257 e. The van der Waals surface area contributed by atoms with Crippen LogP contribution in [0.15, 0.2) is 18.2 Å². The molecule has 1 saturated heterocycles. The maximum atomic E-state index is 12.4. The normalized spacial score (nSPS) is 18.5. The fourth-order valence-corrected chi connectivity index (χ4v) is 2.30. The Balaban J connectivity index is 2.13. The molecular formula is C14H20N2O3. The molecule has 1 aliphatic rings. The van der Waals surface area contributed by atoms with E-state index in [0.29, 0.717) is 25.6 Å². The molecule has 1 fully saturated rings. The third kappa shape index (κ3) is 2.98. The number of carbonyl (C=O) groups is 1. The van der Waals surface area contributed by atoms with E-state index in [4.69, 9.17) is 10.5 Å². The van der Waals surface area contributed by atoms with E-state index in [1.165, 1.54) is 0 Å². The number of nitrogens with two attached hydrogens (primary N) is 1. The molecule has 1 aromatic carbocycles. The molecule has 1 aliphatic heterocycles. The number of hydrogen-bond acceptors (Lipinski definition) is 4. The molecule has 0 aliphatic carbocycles. The van der Waals surface area contributed by atoms with Gasteiger partial charge in [-0.1, -0.05) is 6.07 Å². The number of para-hydroxylation sites is 1. The summed E-state index contributed by atoms with van der Waals surface area (Å²) in [5.74, 6) is 0.0694. The number of anilines is 1. The zero-order valence-electron chi connectivity index (χ0n) is 11.1. The van der Waals surface area contributed by atoms with Crippen LogP contribution in [0.1, 0.15) is 23.7 Å². The minimum Gasteiger partial charge on any atom is -0.505 e. The molecule has 2 rings (SSSR count). The summed E-state index contributed by atoms with van der Waals surface area (Å²) in [6, 6.07) is 4.85. The highest BCUT2D eigenvalue weighted by atomic mass is 16.5. The molecule has 0 radical (unpaired) electrons. The summed E-state index contributed by atoms with van der Waals surface area (Å²) in [7, 11) is 0. The van der Waals surface area contributed by atoms with Gasteiger partial charge in [0.15, 0.2) is 5.75 Å². The first-order valence-corrected chi connectivity index (χ1v) is 6.58. The average molecular weight is 264 g/mol. The zero-order chi connectivity index (χ0) is 13.8. The van der Waals surface area contributed by atoms with E-state index in [2.05, 4.69) is 0 Å². The Bertz CT molecular complexity index is 456. The summed E-state index contributed by atoms with van der Waals surface area (Å²) in [6.07, 6.45) is 0.979. The maximum absolute atomic E-state index is 12.4. The lowest BCUT2D eigenvalue weighted by Crippen LogP contribution is -2.35. The van der Waals surface area contributed by atoms with Crippen molar-refractivity contribution in [1.82, 2.24) is 4.90 Å². The molecular weight excluding hydrogens is 244 g/mol. The molecule has 1 unspecified atom stereocenters. The lowest BCUT2D eigenvalue weighted by molar-refractivity contribution is 0.0728. The minimum atomic E-state index is -0.181. The van der Waals surface area contributed by atoms with Crippen molar-refractivity contribution in [3.63, 3.8) is 0 Å². The maximum Gasteiger partial charge on any atom is 0.257 e. The van der Waals surface area contributed by atoms with Crippen LogP contribution in [0, 0.1) is 5.92 Å². The number of ether oxygens (including phenoxy) is 1. The monoisotopic (exact) mass is 264 g/mol. The number of amides is 1. The van der Waals surface area contributed by atoms with Gasteiger partial charge in [0.25, 0.3) is 5.91 Å². The Morgan fingerprint density at radius 2 is 2.37 bits per heavy atom. The van der Waals surface area contributed by atoms with Gasteiger partial charge in [0.05, 0.1) is 17.9 Å². The first-order valence-electron chi connectivity index (χ1n) is 6.58. The lowest BCUT2D eigenvalue weighted by atomic mass is 10.1. The summed E-state index contributed by atoms with van der Waals surface area (Å²) >= 11 is 0. The molecule has 0 aromatic heterocycles. The number of benzene rings is 1. The van der Waals surface area contributed by atoms with Crippen LogP contribution in [-0.2, 0) is 4.74 Å². The van der Waals surface area contributed by atoms with Crippen LogP contribution < -0.4 is 5.73 Å². The van der Waals surface area contributed by atoms with Crippen molar-refractivity contribution in [2.75, 3.05) is 32.0 Å². The molecule has 0 saturated carbocycles. The van der Waals surface area contributed by atoms with Gasteiger partial charge in [0.2, 0.25) is 0 Å². The summed E-state index contributed by atoms with van der Waals surface area (Å²) in [5.41, 5.74) is 6.12. The van der Waals surface area contributed by atoms with Gasteiger partial charge in [-0.2, -0.15) is 0 Å². The molecule has 0 spiro atoms. The molecule has 5 nitrogen and oxygen atoms in total. The fraction of sp³-hybridized carbons (Fsp3) is 0.500. The van der Waals surface area contributed by atoms with Crippen molar-refractivity contribution in [1.29, 1.82) is 0 Å². The van der Waals surface area contributed by atoms with Crippen molar-refractivity contribution in [3.05, 3.63) is 23.8 Å². The van der Waals surface area contributed by atoms with Crippen molar-refractivity contribution in [2.24, 2.45) is 5.92 Å². The predicted molar refractivity (Wildman–Crippen MR) is 73.0 cm³/mol. The van der Waals surface area contributed by atoms with Crippen LogP contribution in [0.2, 0.25) is 0 Å². The van der Waals surface area contributed by atoms with E-state index in [9.17, 15) is 9.90 Å². The second-order valence-corrected chi connectivity index (χ2v) is 4.82. The Morgan fingerprint density at radius 1 is 1.58 bits per heavy atom. The third-order valence-electron chi connectivity index (χ3n) is 3.47. The van der Waals surface area contributed by atoms with Gasteiger partial charge in [-0.15, -0.1) is 0 Å². The largest absolute Gasteiger partial charge is 0.505 e. The lowest BCUT2D eigenvalue weighted by Gasteiger charge is -2.24. The summed E-state index contributed by atoms with van der Waals surface area (Å²) < 4.78 is 5.32. The Kier molecular flexibility index (Phi) is 4.27. The average Bonchev–Trinajstić information content (AvgIpc) is 2.91. The van der Waals surface area contributed by atoms with Crippen LogP contribution in [-0.4, -0.2) is 42.2 Å². The number of phenols is 1. The van der Waals surface area contributed by atoms with E-state index >= 15 is 0 Å². The molecule has 1 aromatic rings. The van der Waals surface area contributed by atoms with E-state index in [1.807, 2.05) is 6.92 Å². The summed E-state index contributed by atoms with van der Waals surface area (Å²) in [6.45, 7) is 4.65. The number of carbonyl (C=O) groups excluding carboxylic acids is 1. The highest BCUT2D eigenvalue weighted by Gasteiger charge is 2.24. The number of nitrogen functional groups attached to an aromatic ring is 1. The second-order valence-electron chi connectivity index (χ2n) is 4.82. The van der Waals surface area contributed by atoms with Crippen LogP contribution in [0.4, 0.5) is 5.69 Å². The Morgan fingerprint density at radius 3 is 3.00 bits per heavy atom. The molecule has 104 valence electrons. The minimum absolute atomic E-state index is 0.131. The molecule has 19 heavy (non-hydrogen) atoms. The van der Waals surface area contributed by atoms with Crippen LogP contribution >= 0.6 is 0 Å². The molecule has 1 heterocycles. The number of aromatic hydroxyl groups is 1. The van der Waals surface area contributed by atoms with E-state index in [1.54, 1.807) is 23.1 Å². The number of hydrogen-bond donors (Lipinski definition) is 2. The highest BCUT2D eigenvalue weighted by molar-refractivity contribution is 5.98. The zero-order valence-corrected chi connectivity index (χ0v) is 11.1. The van der Waals surface area contributed by atoms with Gasteiger partial charge in [-0.25, -0.2) is 0 Å². The standard InChI is InChI=1S/C14H20N2O3/c1-2-16(8-10-6-7-19-9-10)14(18)11-4-3-5-12(15)13(11)17/h3-5,10,17H,2,6-9,15H2,1H3. The van der Waals surface area contributed by atoms with E-state index < -0.39 is 0 Å². The van der Waals surface area contributed by atoms with Crippen molar-refractivity contribution >= 4 is 11.6 Å².